The molecule has 0 spiro atoms. The van der Waals surface area contributed by atoms with Gasteiger partial charge >= 0.3 is 6.18 Å². The van der Waals surface area contributed by atoms with Crippen LogP contribution in [0.3, 0.4) is 0 Å². The van der Waals surface area contributed by atoms with Crippen molar-refractivity contribution in [3.63, 3.8) is 0 Å². The van der Waals surface area contributed by atoms with E-state index in [1.54, 1.807) is 0 Å². The van der Waals surface area contributed by atoms with Crippen molar-refractivity contribution in [2.75, 3.05) is 7.11 Å². The Bertz CT molecular complexity index is 392. The van der Waals surface area contributed by atoms with Gasteiger partial charge in [-0.15, -0.1) is 0 Å². The maximum Gasteiger partial charge on any atom is 0.418 e. The molecule has 0 aliphatic carbocycles. The molecule has 0 aliphatic heterocycles. The minimum atomic E-state index is -4.88. The van der Waals surface area contributed by atoms with Crippen molar-refractivity contribution in [3.8, 4) is 11.5 Å². The highest BCUT2D eigenvalue weighted by molar-refractivity contribution is 6.30. The number of rotatable bonds is 2. The molecule has 0 aliphatic rings. The Morgan fingerprint density at radius 3 is 2.38 bits per heavy atom. The molecular formula is C9H8ClF3O3. The normalized spacial score (nSPS) is 13.6. The fraction of sp³-hybridized carbons (Fsp3) is 0.333. The van der Waals surface area contributed by atoms with E-state index in [9.17, 15) is 18.3 Å². The summed E-state index contributed by atoms with van der Waals surface area (Å²) in [6.07, 6.45) is -7.69. The van der Waals surface area contributed by atoms with Crippen LogP contribution < -0.4 is 4.74 Å². The van der Waals surface area contributed by atoms with Gasteiger partial charge in [-0.25, -0.2) is 0 Å². The highest BCUT2D eigenvalue weighted by Gasteiger charge is 2.41. The summed E-state index contributed by atoms with van der Waals surface area (Å²) in [5, 5.41) is 18.3. The predicted molar refractivity (Wildman–Crippen MR) is 50.7 cm³/mol. The van der Waals surface area contributed by atoms with Crippen molar-refractivity contribution in [1.29, 1.82) is 0 Å². The first-order valence-electron chi connectivity index (χ1n) is 4.08. The molecule has 0 unspecified atom stereocenters. The highest BCUT2D eigenvalue weighted by Crippen LogP contribution is 2.42. The summed E-state index contributed by atoms with van der Waals surface area (Å²) >= 11 is 5.53. The van der Waals surface area contributed by atoms with Crippen molar-refractivity contribution in [2.24, 2.45) is 0 Å². The number of methoxy groups -OCH3 is 1. The number of phenols is 1. The van der Waals surface area contributed by atoms with E-state index in [1.807, 2.05) is 0 Å². The molecule has 0 aromatic heterocycles. The number of aliphatic hydroxyl groups is 1. The van der Waals surface area contributed by atoms with Gasteiger partial charge in [-0.2, -0.15) is 13.2 Å². The second-order valence-corrected chi connectivity index (χ2v) is 3.43. The Morgan fingerprint density at radius 1 is 1.38 bits per heavy atom. The second-order valence-electron chi connectivity index (χ2n) is 2.99. The lowest BCUT2D eigenvalue weighted by atomic mass is 10.1. The number of aromatic hydroxyl groups is 1. The average Bonchev–Trinajstić information content (AvgIpc) is 2.18. The molecule has 3 nitrogen and oxygen atoms in total. The topological polar surface area (TPSA) is 49.7 Å². The van der Waals surface area contributed by atoms with E-state index in [4.69, 9.17) is 16.7 Å². The van der Waals surface area contributed by atoms with Crippen LogP contribution in [-0.2, 0) is 0 Å². The van der Waals surface area contributed by atoms with E-state index in [-0.39, 0.29) is 10.8 Å². The first-order chi connectivity index (χ1) is 7.27. The first kappa shape index (κ1) is 12.9. The summed E-state index contributed by atoms with van der Waals surface area (Å²) in [4.78, 5) is 0. The minimum Gasteiger partial charge on any atom is -0.504 e. The van der Waals surface area contributed by atoms with E-state index in [2.05, 4.69) is 4.74 Å². The number of ether oxygens (including phenoxy) is 1. The van der Waals surface area contributed by atoms with Crippen LogP contribution in [0.2, 0.25) is 5.02 Å². The number of alkyl halides is 3. The molecule has 0 amide bonds. The third-order valence-electron chi connectivity index (χ3n) is 1.89. The van der Waals surface area contributed by atoms with Gasteiger partial charge in [0.2, 0.25) is 0 Å². The zero-order valence-corrected chi connectivity index (χ0v) is 8.80. The number of aliphatic hydroxyl groups excluding tert-OH is 1. The van der Waals surface area contributed by atoms with Crippen LogP contribution in [0.4, 0.5) is 13.2 Å². The summed E-state index contributed by atoms with van der Waals surface area (Å²) in [5.74, 6) is -1.01. The van der Waals surface area contributed by atoms with Gasteiger partial charge in [-0.05, 0) is 6.07 Å². The molecule has 0 heterocycles. The third kappa shape index (κ3) is 2.51. The molecule has 0 fully saturated rings. The molecule has 2 N–H and O–H groups in total. The number of hydrogen-bond donors (Lipinski definition) is 2. The molecule has 0 bridgehead atoms. The van der Waals surface area contributed by atoms with E-state index in [0.717, 1.165) is 19.2 Å². The SMILES string of the molecule is COc1cc(Cl)cc([C@@H](O)C(F)(F)F)c1O. The summed E-state index contributed by atoms with van der Waals surface area (Å²) in [6, 6.07) is 1.97. The highest BCUT2D eigenvalue weighted by atomic mass is 35.5. The lowest BCUT2D eigenvalue weighted by Gasteiger charge is -2.17. The van der Waals surface area contributed by atoms with Gasteiger partial charge < -0.3 is 14.9 Å². The molecule has 1 rings (SSSR count). The molecule has 0 radical (unpaired) electrons. The van der Waals surface area contributed by atoms with Crippen molar-refractivity contribution in [1.82, 2.24) is 0 Å². The number of phenolic OH excluding ortho intramolecular Hbond substituents is 1. The summed E-state index contributed by atoms with van der Waals surface area (Å²) in [7, 11) is 1.16. The van der Waals surface area contributed by atoms with Gasteiger partial charge in [0, 0.05) is 16.7 Å². The molecule has 1 aromatic carbocycles. The van der Waals surface area contributed by atoms with Crippen molar-refractivity contribution >= 4 is 11.6 Å². The van der Waals surface area contributed by atoms with Gasteiger partial charge in [-0.3, -0.25) is 0 Å². The Morgan fingerprint density at radius 2 is 1.94 bits per heavy atom. The van der Waals surface area contributed by atoms with Crippen LogP contribution in [0.15, 0.2) is 12.1 Å². The first-order valence-corrected chi connectivity index (χ1v) is 4.46. The minimum absolute atomic E-state index is 0.0760. The maximum atomic E-state index is 12.2. The maximum absolute atomic E-state index is 12.2. The van der Waals surface area contributed by atoms with E-state index < -0.39 is 23.6 Å². The smallest absolute Gasteiger partial charge is 0.418 e. The van der Waals surface area contributed by atoms with Gasteiger partial charge in [0.05, 0.1) is 7.11 Å². The molecule has 0 saturated carbocycles. The number of benzene rings is 1. The molecule has 0 saturated heterocycles. The molecule has 7 heteroatoms. The lowest BCUT2D eigenvalue weighted by molar-refractivity contribution is -0.207. The fourth-order valence-electron chi connectivity index (χ4n) is 1.13. The van der Waals surface area contributed by atoms with Gasteiger partial charge in [-0.1, -0.05) is 11.6 Å². The predicted octanol–water partition coefficient (Wildman–Crippen LogP) is 2.65. The number of hydrogen-bond acceptors (Lipinski definition) is 3. The molecule has 16 heavy (non-hydrogen) atoms. The zero-order valence-electron chi connectivity index (χ0n) is 8.05. The van der Waals surface area contributed by atoms with Crippen molar-refractivity contribution in [2.45, 2.75) is 12.3 Å². The molecule has 90 valence electrons. The zero-order chi connectivity index (χ0) is 12.5. The van der Waals surface area contributed by atoms with Crippen molar-refractivity contribution < 1.29 is 28.1 Å². The van der Waals surface area contributed by atoms with Gasteiger partial charge in [0.1, 0.15) is 0 Å². The van der Waals surface area contributed by atoms with E-state index >= 15 is 0 Å². The van der Waals surface area contributed by atoms with Crippen LogP contribution in [0.5, 0.6) is 11.5 Å². The van der Waals surface area contributed by atoms with Crippen molar-refractivity contribution in [3.05, 3.63) is 22.7 Å². The van der Waals surface area contributed by atoms with Crippen LogP contribution in [0, 0.1) is 0 Å². The summed E-state index contributed by atoms with van der Waals surface area (Å²) in [5.41, 5.74) is -0.739. The van der Waals surface area contributed by atoms with E-state index in [1.165, 1.54) is 0 Å². The second kappa shape index (κ2) is 4.39. The van der Waals surface area contributed by atoms with Gasteiger partial charge in [0.15, 0.2) is 17.6 Å². The van der Waals surface area contributed by atoms with E-state index in [0.29, 0.717) is 0 Å². The lowest BCUT2D eigenvalue weighted by Crippen LogP contribution is -2.20. The van der Waals surface area contributed by atoms with Crippen LogP contribution in [0.1, 0.15) is 11.7 Å². The van der Waals surface area contributed by atoms with Crippen LogP contribution in [0.25, 0.3) is 0 Å². The Labute approximate surface area is 94.0 Å². The summed E-state index contributed by atoms with van der Waals surface area (Å²) in [6.45, 7) is 0. The third-order valence-corrected chi connectivity index (χ3v) is 2.11. The Hall–Kier alpha value is -1.14. The monoisotopic (exact) mass is 256 g/mol. The average molecular weight is 257 g/mol. The molecule has 1 aromatic rings. The standard InChI is InChI=1S/C9H8ClF3O3/c1-16-6-3-4(10)2-5(7(6)14)8(15)9(11,12)13/h2-3,8,14-15H,1H3/t8-/m1/s1. The van der Waals surface area contributed by atoms with Crippen LogP contribution >= 0.6 is 11.6 Å². The quantitative estimate of drug-likeness (QED) is 0.855. The Balaban J connectivity index is 3.28. The fourth-order valence-corrected chi connectivity index (χ4v) is 1.35. The summed E-state index contributed by atoms with van der Waals surface area (Å²) < 4.78 is 41.3. The molecule has 1 atom stereocenters. The molecular weight excluding hydrogens is 249 g/mol. The largest absolute Gasteiger partial charge is 0.504 e. The van der Waals surface area contributed by atoms with Gasteiger partial charge in [0.25, 0.3) is 0 Å². The Kier molecular flexibility index (Phi) is 3.54. The van der Waals surface area contributed by atoms with Crippen LogP contribution in [-0.4, -0.2) is 23.5 Å². The number of halogens is 4.